The first-order valence-corrected chi connectivity index (χ1v) is 8.15. The SMILES string of the molecule is CCOC1(C)CCN(c2nc(N)nc3c2CCCC3)CC1. The molecule has 1 fully saturated rings. The lowest BCUT2D eigenvalue weighted by Crippen LogP contribution is -2.45. The Bertz CT molecular complexity index is 509. The van der Waals surface area contributed by atoms with Gasteiger partial charge in [-0.3, -0.25) is 0 Å². The van der Waals surface area contributed by atoms with Gasteiger partial charge in [0.25, 0.3) is 0 Å². The minimum atomic E-state index is 0.0177. The topological polar surface area (TPSA) is 64.3 Å². The Hall–Kier alpha value is -1.36. The molecule has 2 heterocycles. The van der Waals surface area contributed by atoms with Gasteiger partial charge in [0.1, 0.15) is 5.82 Å². The van der Waals surface area contributed by atoms with Crippen molar-refractivity contribution in [2.75, 3.05) is 30.3 Å². The molecule has 1 aliphatic carbocycles. The van der Waals surface area contributed by atoms with E-state index in [1.807, 2.05) is 0 Å². The van der Waals surface area contributed by atoms with Crippen molar-refractivity contribution in [1.29, 1.82) is 0 Å². The minimum Gasteiger partial charge on any atom is -0.375 e. The van der Waals surface area contributed by atoms with Crippen molar-refractivity contribution in [2.24, 2.45) is 0 Å². The average Bonchev–Trinajstić information content (AvgIpc) is 2.47. The van der Waals surface area contributed by atoms with E-state index < -0.39 is 0 Å². The number of aryl methyl sites for hydroxylation is 1. The van der Waals surface area contributed by atoms with Crippen molar-refractivity contribution >= 4 is 11.8 Å². The molecule has 2 aliphatic rings. The first-order chi connectivity index (χ1) is 10.1. The van der Waals surface area contributed by atoms with Gasteiger partial charge < -0.3 is 15.4 Å². The van der Waals surface area contributed by atoms with Crippen LogP contribution in [0.1, 0.15) is 50.8 Å². The molecular formula is C16H26N4O. The molecule has 0 bridgehead atoms. The van der Waals surface area contributed by atoms with Gasteiger partial charge in [-0.1, -0.05) is 0 Å². The Balaban J connectivity index is 1.81. The second-order valence-corrected chi connectivity index (χ2v) is 6.41. The number of nitrogen functional groups attached to an aromatic ring is 1. The van der Waals surface area contributed by atoms with Crippen molar-refractivity contribution in [3.63, 3.8) is 0 Å². The van der Waals surface area contributed by atoms with Gasteiger partial charge in [-0.2, -0.15) is 4.98 Å². The smallest absolute Gasteiger partial charge is 0.222 e. The fourth-order valence-electron chi connectivity index (χ4n) is 3.54. The normalized spacial score (nSPS) is 21.1. The molecule has 0 aromatic carbocycles. The van der Waals surface area contributed by atoms with Gasteiger partial charge in [0, 0.05) is 25.3 Å². The van der Waals surface area contributed by atoms with E-state index in [2.05, 4.69) is 28.7 Å². The van der Waals surface area contributed by atoms with Crippen molar-refractivity contribution in [2.45, 2.75) is 58.0 Å². The van der Waals surface area contributed by atoms with Crippen molar-refractivity contribution in [3.05, 3.63) is 11.3 Å². The number of piperidine rings is 1. The summed E-state index contributed by atoms with van der Waals surface area (Å²) in [5, 5.41) is 0. The molecule has 0 spiro atoms. The molecule has 5 heteroatoms. The molecule has 0 unspecified atom stereocenters. The summed E-state index contributed by atoms with van der Waals surface area (Å²) in [6.07, 6.45) is 6.66. The van der Waals surface area contributed by atoms with Gasteiger partial charge in [-0.05, 0) is 52.4 Å². The quantitative estimate of drug-likeness (QED) is 0.925. The summed E-state index contributed by atoms with van der Waals surface area (Å²) in [6.45, 7) is 7.04. The molecule has 0 saturated carbocycles. The summed E-state index contributed by atoms with van der Waals surface area (Å²) in [5.41, 5.74) is 8.43. The summed E-state index contributed by atoms with van der Waals surface area (Å²) >= 11 is 0. The van der Waals surface area contributed by atoms with Crippen LogP contribution in [0.5, 0.6) is 0 Å². The van der Waals surface area contributed by atoms with E-state index in [1.54, 1.807) is 0 Å². The highest BCUT2D eigenvalue weighted by Gasteiger charge is 2.32. The molecule has 2 N–H and O–H groups in total. The maximum absolute atomic E-state index is 5.92. The monoisotopic (exact) mass is 290 g/mol. The number of nitrogens with zero attached hydrogens (tertiary/aromatic N) is 3. The summed E-state index contributed by atoms with van der Waals surface area (Å²) in [6, 6.07) is 0. The Morgan fingerprint density at radius 3 is 2.62 bits per heavy atom. The van der Waals surface area contributed by atoms with Crippen LogP contribution in [-0.2, 0) is 17.6 Å². The first-order valence-electron chi connectivity index (χ1n) is 8.15. The van der Waals surface area contributed by atoms with Crippen molar-refractivity contribution < 1.29 is 4.74 Å². The van der Waals surface area contributed by atoms with Crippen LogP contribution < -0.4 is 10.6 Å². The van der Waals surface area contributed by atoms with E-state index in [4.69, 9.17) is 10.5 Å². The second-order valence-electron chi connectivity index (χ2n) is 6.41. The van der Waals surface area contributed by atoms with E-state index >= 15 is 0 Å². The maximum atomic E-state index is 5.92. The molecule has 21 heavy (non-hydrogen) atoms. The van der Waals surface area contributed by atoms with Crippen LogP contribution in [0.15, 0.2) is 0 Å². The summed E-state index contributed by atoms with van der Waals surface area (Å²) in [5.74, 6) is 1.50. The fourth-order valence-corrected chi connectivity index (χ4v) is 3.54. The highest BCUT2D eigenvalue weighted by molar-refractivity contribution is 5.53. The van der Waals surface area contributed by atoms with Gasteiger partial charge in [0.2, 0.25) is 5.95 Å². The number of hydrogen-bond donors (Lipinski definition) is 1. The third-order valence-corrected chi connectivity index (χ3v) is 4.79. The molecule has 5 nitrogen and oxygen atoms in total. The number of rotatable bonds is 3. The number of nitrogens with two attached hydrogens (primary N) is 1. The average molecular weight is 290 g/mol. The van der Waals surface area contributed by atoms with E-state index in [9.17, 15) is 0 Å². The van der Waals surface area contributed by atoms with Crippen LogP contribution in [0, 0.1) is 0 Å². The van der Waals surface area contributed by atoms with Gasteiger partial charge in [0.15, 0.2) is 0 Å². The van der Waals surface area contributed by atoms with Crippen LogP contribution >= 0.6 is 0 Å². The summed E-state index contributed by atoms with van der Waals surface area (Å²) in [7, 11) is 0. The lowest BCUT2D eigenvalue weighted by atomic mass is 9.91. The molecule has 116 valence electrons. The zero-order valence-corrected chi connectivity index (χ0v) is 13.2. The Morgan fingerprint density at radius 2 is 1.90 bits per heavy atom. The van der Waals surface area contributed by atoms with Gasteiger partial charge in [0.05, 0.1) is 11.3 Å². The number of fused-ring (bicyclic) bond motifs is 1. The molecule has 1 saturated heterocycles. The molecule has 0 atom stereocenters. The van der Waals surface area contributed by atoms with Crippen LogP contribution in [0.2, 0.25) is 0 Å². The van der Waals surface area contributed by atoms with E-state index in [-0.39, 0.29) is 5.60 Å². The molecule has 3 rings (SSSR count). The molecule has 1 aromatic rings. The van der Waals surface area contributed by atoms with E-state index in [0.717, 1.165) is 51.2 Å². The number of anilines is 2. The number of aromatic nitrogens is 2. The lowest BCUT2D eigenvalue weighted by Gasteiger charge is -2.40. The second kappa shape index (κ2) is 5.79. The molecule has 0 radical (unpaired) electrons. The predicted octanol–water partition coefficient (Wildman–Crippen LogP) is 2.33. The standard InChI is InChI=1S/C16H26N4O/c1-3-21-16(2)8-10-20(11-9-16)14-12-6-4-5-7-13(12)18-15(17)19-14/h3-11H2,1-2H3,(H2,17,18,19). The molecular weight excluding hydrogens is 264 g/mol. The van der Waals surface area contributed by atoms with Gasteiger partial charge >= 0.3 is 0 Å². The Kier molecular flexibility index (Phi) is 4.02. The lowest BCUT2D eigenvalue weighted by molar-refractivity contribution is -0.0414. The fraction of sp³-hybridized carbons (Fsp3) is 0.750. The minimum absolute atomic E-state index is 0.0177. The Labute approximate surface area is 126 Å². The zero-order valence-electron chi connectivity index (χ0n) is 13.2. The van der Waals surface area contributed by atoms with Gasteiger partial charge in [-0.15, -0.1) is 0 Å². The highest BCUT2D eigenvalue weighted by atomic mass is 16.5. The molecule has 1 aliphatic heterocycles. The largest absolute Gasteiger partial charge is 0.375 e. The van der Waals surface area contributed by atoms with Crippen LogP contribution in [0.25, 0.3) is 0 Å². The number of hydrogen-bond acceptors (Lipinski definition) is 5. The zero-order chi connectivity index (χ0) is 14.9. The predicted molar refractivity (Wildman–Crippen MR) is 84.6 cm³/mol. The third kappa shape index (κ3) is 2.98. The molecule has 0 amide bonds. The van der Waals surface area contributed by atoms with Crippen LogP contribution in [0.3, 0.4) is 0 Å². The maximum Gasteiger partial charge on any atom is 0.222 e. The van der Waals surface area contributed by atoms with E-state index in [0.29, 0.717) is 5.95 Å². The Morgan fingerprint density at radius 1 is 1.19 bits per heavy atom. The molecule has 1 aromatic heterocycles. The summed E-state index contributed by atoms with van der Waals surface area (Å²) < 4.78 is 5.91. The number of ether oxygens (including phenoxy) is 1. The van der Waals surface area contributed by atoms with Crippen molar-refractivity contribution in [3.8, 4) is 0 Å². The van der Waals surface area contributed by atoms with E-state index in [1.165, 1.54) is 24.1 Å². The highest BCUT2D eigenvalue weighted by Crippen LogP contribution is 2.33. The van der Waals surface area contributed by atoms with Crippen LogP contribution in [-0.4, -0.2) is 35.3 Å². The first kappa shape index (κ1) is 14.6. The third-order valence-electron chi connectivity index (χ3n) is 4.79. The van der Waals surface area contributed by atoms with Crippen molar-refractivity contribution in [1.82, 2.24) is 9.97 Å². The summed E-state index contributed by atoms with van der Waals surface area (Å²) in [4.78, 5) is 11.4. The van der Waals surface area contributed by atoms with Crippen LogP contribution in [0.4, 0.5) is 11.8 Å². The van der Waals surface area contributed by atoms with Gasteiger partial charge in [-0.25, -0.2) is 4.98 Å².